The molecule has 3 rings (SSSR count). The molecule has 8 nitrogen and oxygen atoms in total. The Morgan fingerprint density at radius 2 is 1.73 bits per heavy atom. The zero-order valence-electron chi connectivity index (χ0n) is 16.2. The zero-order chi connectivity index (χ0) is 21.5. The molecule has 0 bridgehead atoms. The standard InChI is InChI=1S/C21H20FN5O3/c1-25(18-10-6-5-9-17(18)22)20(29)14-27(16-7-3-2-4-8-16)19(28)13-24-21(30)26-12-11-23-15-26/h2-12,15H,13-14H2,1H3,(H,24,30). The van der Waals surface area contributed by atoms with E-state index in [1.54, 1.807) is 36.4 Å². The molecule has 30 heavy (non-hydrogen) atoms. The van der Waals surface area contributed by atoms with Gasteiger partial charge >= 0.3 is 6.03 Å². The van der Waals surface area contributed by atoms with Gasteiger partial charge in [0.25, 0.3) is 0 Å². The van der Waals surface area contributed by atoms with Crippen LogP contribution in [0.25, 0.3) is 0 Å². The van der Waals surface area contributed by atoms with Crippen LogP contribution in [0.15, 0.2) is 73.3 Å². The number of carbonyl (C=O) groups is 3. The number of anilines is 2. The highest BCUT2D eigenvalue weighted by atomic mass is 19.1. The summed E-state index contributed by atoms with van der Waals surface area (Å²) < 4.78 is 15.2. The SMILES string of the molecule is CN(C(=O)CN(C(=O)CNC(=O)n1ccnc1)c1ccccc1)c1ccccc1F. The van der Waals surface area contributed by atoms with Crippen LogP contribution in [-0.2, 0) is 9.59 Å². The van der Waals surface area contributed by atoms with E-state index in [2.05, 4.69) is 10.3 Å². The molecule has 0 spiro atoms. The summed E-state index contributed by atoms with van der Waals surface area (Å²) in [7, 11) is 1.44. The number of halogens is 1. The Labute approximate surface area is 172 Å². The second kappa shape index (κ2) is 9.46. The fraction of sp³-hybridized carbons (Fsp3) is 0.143. The van der Waals surface area contributed by atoms with Crippen molar-refractivity contribution in [1.82, 2.24) is 14.9 Å². The summed E-state index contributed by atoms with van der Waals surface area (Å²) in [6.07, 6.45) is 4.19. The Bertz CT molecular complexity index is 1020. The third-order valence-corrected chi connectivity index (χ3v) is 4.38. The quantitative estimate of drug-likeness (QED) is 0.677. The maximum Gasteiger partial charge on any atom is 0.327 e. The number of carbonyl (C=O) groups excluding carboxylic acids is 3. The molecular formula is C21H20FN5O3. The number of likely N-dealkylation sites (N-methyl/N-ethyl adjacent to an activating group) is 1. The average molecular weight is 409 g/mol. The lowest BCUT2D eigenvalue weighted by Crippen LogP contribution is -2.46. The molecule has 9 heteroatoms. The molecule has 1 aromatic heterocycles. The minimum Gasteiger partial charge on any atom is -0.328 e. The lowest BCUT2D eigenvalue weighted by molar-refractivity contribution is -0.121. The maximum atomic E-state index is 14.0. The molecule has 1 N–H and O–H groups in total. The van der Waals surface area contributed by atoms with Gasteiger partial charge in [-0.05, 0) is 24.3 Å². The Hall–Kier alpha value is -4.01. The summed E-state index contributed by atoms with van der Waals surface area (Å²) in [6.45, 7) is -0.656. The summed E-state index contributed by atoms with van der Waals surface area (Å²) in [6, 6.07) is 13.9. The van der Waals surface area contributed by atoms with Crippen LogP contribution >= 0.6 is 0 Å². The van der Waals surface area contributed by atoms with E-state index in [0.29, 0.717) is 5.69 Å². The van der Waals surface area contributed by atoms with E-state index in [1.807, 2.05) is 0 Å². The van der Waals surface area contributed by atoms with Crippen LogP contribution in [-0.4, -0.2) is 47.5 Å². The van der Waals surface area contributed by atoms with Gasteiger partial charge in [-0.25, -0.2) is 14.2 Å². The Balaban J connectivity index is 1.74. The molecule has 0 aliphatic carbocycles. The van der Waals surface area contributed by atoms with Crippen molar-refractivity contribution < 1.29 is 18.8 Å². The highest BCUT2D eigenvalue weighted by molar-refractivity contribution is 6.04. The van der Waals surface area contributed by atoms with Gasteiger partial charge in [-0.1, -0.05) is 30.3 Å². The van der Waals surface area contributed by atoms with Gasteiger partial charge in [0.15, 0.2) is 0 Å². The van der Waals surface area contributed by atoms with Crippen LogP contribution in [0, 0.1) is 5.82 Å². The third-order valence-electron chi connectivity index (χ3n) is 4.38. The normalized spacial score (nSPS) is 10.3. The van der Waals surface area contributed by atoms with Gasteiger partial charge in [-0.3, -0.25) is 14.2 Å². The largest absolute Gasteiger partial charge is 0.328 e. The average Bonchev–Trinajstić information content (AvgIpc) is 3.31. The number of rotatable bonds is 6. The number of hydrogen-bond acceptors (Lipinski definition) is 4. The third kappa shape index (κ3) is 4.88. The smallest absolute Gasteiger partial charge is 0.327 e. The summed E-state index contributed by atoms with van der Waals surface area (Å²) in [5.41, 5.74) is 0.589. The fourth-order valence-corrected chi connectivity index (χ4v) is 2.75. The number of imidazole rings is 1. The topological polar surface area (TPSA) is 87.5 Å². The molecule has 0 fully saturated rings. The molecule has 2 aromatic carbocycles. The first-order valence-corrected chi connectivity index (χ1v) is 9.10. The second-order valence-corrected chi connectivity index (χ2v) is 6.35. The zero-order valence-corrected chi connectivity index (χ0v) is 16.2. The molecule has 0 saturated heterocycles. The van der Waals surface area contributed by atoms with Crippen LogP contribution < -0.4 is 15.1 Å². The first-order valence-electron chi connectivity index (χ1n) is 9.10. The van der Waals surface area contributed by atoms with Crippen LogP contribution in [0.5, 0.6) is 0 Å². The summed E-state index contributed by atoms with van der Waals surface area (Å²) in [4.78, 5) is 43.8. The van der Waals surface area contributed by atoms with Crippen molar-refractivity contribution in [3.05, 3.63) is 79.1 Å². The van der Waals surface area contributed by atoms with Gasteiger partial charge in [-0.15, -0.1) is 0 Å². The van der Waals surface area contributed by atoms with E-state index >= 15 is 0 Å². The number of nitrogens with one attached hydrogen (secondary N) is 1. The van der Waals surface area contributed by atoms with Crippen LogP contribution in [0.4, 0.5) is 20.6 Å². The number of nitrogens with zero attached hydrogens (tertiary/aromatic N) is 4. The molecule has 0 unspecified atom stereocenters. The number of amides is 3. The number of hydrogen-bond donors (Lipinski definition) is 1. The van der Waals surface area contributed by atoms with E-state index in [9.17, 15) is 18.8 Å². The van der Waals surface area contributed by atoms with Crippen molar-refractivity contribution in [3.8, 4) is 0 Å². The monoisotopic (exact) mass is 409 g/mol. The molecule has 3 aromatic rings. The number of benzene rings is 2. The first-order chi connectivity index (χ1) is 14.5. The Kier molecular flexibility index (Phi) is 6.53. The number of aromatic nitrogens is 2. The van der Waals surface area contributed by atoms with Gasteiger partial charge in [-0.2, -0.15) is 0 Å². The van der Waals surface area contributed by atoms with Crippen LogP contribution in [0.3, 0.4) is 0 Å². The van der Waals surface area contributed by atoms with Gasteiger partial charge in [0.2, 0.25) is 11.8 Å². The van der Waals surface area contributed by atoms with Gasteiger partial charge in [0.05, 0.1) is 12.2 Å². The number of para-hydroxylation sites is 2. The Morgan fingerprint density at radius 1 is 1.03 bits per heavy atom. The van der Waals surface area contributed by atoms with E-state index in [1.165, 1.54) is 53.4 Å². The van der Waals surface area contributed by atoms with Crippen molar-refractivity contribution >= 4 is 29.2 Å². The predicted octanol–water partition coefficient (Wildman–Crippen LogP) is 2.28. The van der Waals surface area contributed by atoms with Crippen molar-refractivity contribution in [3.63, 3.8) is 0 Å². The second-order valence-electron chi connectivity index (χ2n) is 6.35. The van der Waals surface area contributed by atoms with E-state index in [0.717, 1.165) is 4.90 Å². The van der Waals surface area contributed by atoms with Crippen molar-refractivity contribution in [1.29, 1.82) is 0 Å². The molecule has 0 radical (unpaired) electrons. The molecule has 0 atom stereocenters. The highest BCUT2D eigenvalue weighted by Crippen LogP contribution is 2.19. The minimum atomic E-state index is -0.543. The van der Waals surface area contributed by atoms with Crippen LogP contribution in [0.2, 0.25) is 0 Å². The minimum absolute atomic E-state index is 0.108. The molecule has 0 aliphatic heterocycles. The van der Waals surface area contributed by atoms with E-state index in [4.69, 9.17) is 0 Å². The Morgan fingerprint density at radius 3 is 2.40 bits per heavy atom. The molecule has 154 valence electrons. The lowest BCUT2D eigenvalue weighted by Gasteiger charge is -2.26. The molecular weight excluding hydrogens is 389 g/mol. The fourth-order valence-electron chi connectivity index (χ4n) is 2.75. The van der Waals surface area contributed by atoms with Gasteiger partial charge in [0.1, 0.15) is 18.7 Å². The van der Waals surface area contributed by atoms with Crippen LogP contribution in [0.1, 0.15) is 0 Å². The first kappa shape index (κ1) is 20.7. The highest BCUT2D eigenvalue weighted by Gasteiger charge is 2.23. The maximum absolute atomic E-state index is 14.0. The van der Waals surface area contributed by atoms with Gasteiger partial charge in [0, 0.05) is 25.1 Å². The molecule has 0 saturated carbocycles. The summed E-state index contributed by atoms with van der Waals surface area (Å²) in [5.74, 6) is -1.53. The van der Waals surface area contributed by atoms with Crippen molar-refractivity contribution in [2.45, 2.75) is 0 Å². The van der Waals surface area contributed by atoms with Crippen molar-refractivity contribution in [2.24, 2.45) is 0 Å². The molecule has 3 amide bonds. The summed E-state index contributed by atoms with van der Waals surface area (Å²) >= 11 is 0. The van der Waals surface area contributed by atoms with Crippen molar-refractivity contribution in [2.75, 3.05) is 29.9 Å². The summed E-state index contributed by atoms with van der Waals surface area (Å²) in [5, 5.41) is 2.49. The predicted molar refractivity (Wildman–Crippen MR) is 110 cm³/mol. The van der Waals surface area contributed by atoms with E-state index in [-0.39, 0.29) is 18.8 Å². The lowest BCUT2D eigenvalue weighted by atomic mass is 10.2. The van der Waals surface area contributed by atoms with Gasteiger partial charge < -0.3 is 15.1 Å². The van der Waals surface area contributed by atoms with E-state index < -0.39 is 23.7 Å². The molecule has 1 heterocycles. The molecule has 0 aliphatic rings.